The molecule has 1 saturated carbocycles. The van der Waals surface area contributed by atoms with Crippen LogP contribution in [0.4, 0.5) is 10.1 Å². The molecule has 28 heavy (non-hydrogen) atoms. The van der Waals surface area contributed by atoms with Gasteiger partial charge in [-0.05, 0) is 25.3 Å². The van der Waals surface area contributed by atoms with Crippen molar-refractivity contribution >= 4 is 16.6 Å². The zero-order valence-electron chi connectivity index (χ0n) is 15.6. The summed E-state index contributed by atoms with van der Waals surface area (Å²) in [6.07, 6.45) is 2.39. The van der Waals surface area contributed by atoms with Gasteiger partial charge in [-0.15, -0.1) is 0 Å². The van der Waals surface area contributed by atoms with Crippen LogP contribution >= 0.6 is 0 Å². The number of fused-ring (bicyclic) bond motifs is 1. The zero-order chi connectivity index (χ0) is 20.0. The Kier molecular flexibility index (Phi) is 4.59. The van der Waals surface area contributed by atoms with Gasteiger partial charge in [-0.3, -0.25) is 14.3 Å². The SMILES string of the molecule is [C-]#[N+]CC(N)C1CCN(c2c(F)cc3c(=O)[nH]c(=O)n(C4CC4)c3c2OC)C1. The molecule has 2 atom stereocenters. The number of aromatic nitrogens is 2. The number of anilines is 1. The van der Waals surface area contributed by atoms with Crippen molar-refractivity contribution in [1.29, 1.82) is 0 Å². The van der Waals surface area contributed by atoms with Gasteiger partial charge in [0.2, 0.25) is 6.54 Å². The molecular formula is C19H22FN5O3. The van der Waals surface area contributed by atoms with Crippen LogP contribution in [-0.2, 0) is 0 Å². The van der Waals surface area contributed by atoms with Gasteiger partial charge in [-0.25, -0.2) is 15.8 Å². The van der Waals surface area contributed by atoms with Crippen LogP contribution in [0.2, 0.25) is 0 Å². The number of methoxy groups -OCH3 is 1. The van der Waals surface area contributed by atoms with Crippen molar-refractivity contribution in [2.75, 3.05) is 31.6 Å². The summed E-state index contributed by atoms with van der Waals surface area (Å²) in [7, 11) is 1.42. The molecule has 2 heterocycles. The molecule has 2 aliphatic rings. The molecule has 148 valence electrons. The Balaban J connectivity index is 1.87. The van der Waals surface area contributed by atoms with Crippen LogP contribution in [0.3, 0.4) is 0 Å². The fourth-order valence-corrected chi connectivity index (χ4v) is 4.11. The first-order chi connectivity index (χ1) is 13.5. The highest BCUT2D eigenvalue weighted by molar-refractivity contribution is 5.91. The lowest BCUT2D eigenvalue weighted by molar-refractivity contribution is 0.412. The zero-order valence-corrected chi connectivity index (χ0v) is 15.6. The fraction of sp³-hybridized carbons (Fsp3) is 0.526. The Hall–Kier alpha value is -2.86. The largest absolute Gasteiger partial charge is 0.492 e. The number of halogens is 1. The summed E-state index contributed by atoms with van der Waals surface area (Å²) < 4.78 is 22.1. The fourth-order valence-electron chi connectivity index (χ4n) is 4.11. The van der Waals surface area contributed by atoms with E-state index in [-0.39, 0.29) is 41.4 Å². The minimum Gasteiger partial charge on any atom is -0.492 e. The first kappa shape index (κ1) is 18.5. The van der Waals surface area contributed by atoms with Gasteiger partial charge >= 0.3 is 5.69 Å². The molecule has 0 radical (unpaired) electrons. The molecule has 1 aromatic carbocycles. The average Bonchev–Trinajstić information content (AvgIpc) is 3.37. The third-order valence-electron chi connectivity index (χ3n) is 5.67. The van der Waals surface area contributed by atoms with Crippen molar-refractivity contribution in [3.8, 4) is 5.75 Å². The van der Waals surface area contributed by atoms with Crippen LogP contribution in [0.25, 0.3) is 15.7 Å². The van der Waals surface area contributed by atoms with Crippen molar-refractivity contribution < 1.29 is 9.13 Å². The number of nitrogens with one attached hydrogen (secondary N) is 1. The smallest absolute Gasteiger partial charge is 0.329 e. The summed E-state index contributed by atoms with van der Waals surface area (Å²) in [5, 5.41) is 0.102. The van der Waals surface area contributed by atoms with Gasteiger partial charge in [0.25, 0.3) is 5.56 Å². The minimum absolute atomic E-state index is 0.0162. The molecule has 2 aromatic rings. The highest BCUT2D eigenvalue weighted by atomic mass is 19.1. The number of benzene rings is 1. The topological polar surface area (TPSA) is 97.7 Å². The summed E-state index contributed by atoms with van der Waals surface area (Å²) in [6, 6.07) is 0.887. The van der Waals surface area contributed by atoms with Gasteiger partial charge in [0.05, 0.1) is 18.5 Å². The van der Waals surface area contributed by atoms with Crippen molar-refractivity contribution in [3.63, 3.8) is 0 Å². The van der Waals surface area contributed by atoms with Crippen molar-refractivity contribution in [1.82, 2.24) is 9.55 Å². The third kappa shape index (κ3) is 2.94. The molecule has 1 saturated heterocycles. The van der Waals surface area contributed by atoms with Crippen LogP contribution in [0, 0.1) is 18.3 Å². The van der Waals surface area contributed by atoms with Crippen LogP contribution in [-0.4, -0.2) is 42.3 Å². The molecule has 0 amide bonds. The maximum atomic E-state index is 15.1. The van der Waals surface area contributed by atoms with E-state index in [0.717, 1.165) is 19.3 Å². The number of hydrogen-bond donors (Lipinski definition) is 2. The van der Waals surface area contributed by atoms with Gasteiger partial charge in [-0.1, -0.05) is 0 Å². The predicted octanol–water partition coefficient (Wildman–Crippen LogP) is 1.25. The second-order valence-corrected chi connectivity index (χ2v) is 7.50. The van der Waals surface area contributed by atoms with E-state index >= 15 is 4.39 Å². The number of ether oxygens (including phenoxy) is 1. The Bertz CT molecular complexity index is 1080. The first-order valence-electron chi connectivity index (χ1n) is 9.35. The minimum atomic E-state index is -0.626. The van der Waals surface area contributed by atoms with Gasteiger partial charge in [-0.2, -0.15) is 0 Å². The lowest BCUT2D eigenvalue weighted by atomic mass is 10.00. The van der Waals surface area contributed by atoms with E-state index in [4.69, 9.17) is 17.0 Å². The van der Waals surface area contributed by atoms with Crippen LogP contribution < -0.4 is 26.6 Å². The molecule has 9 heteroatoms. The van der Waals surface area contributed by atoms with Gasteiger partial charge in [0, 0.05) is 25.0 Å². The van der Waals surface area contributed by atoms with E-state index in [1.54, 1.807) is 0 Å². The van der Waals surface area contributed by atoms with Crippen LogP contribution in [0.1, 0.15) is 25.3 Å². The number of rotatable bonds is 5. The number of nitrogens with two attached hydrogens (primary N) is 1. The molecule has 2 unspecified atom stereocenters. The number of aromatic amines is 1. The molecular weight excluding hydrogens is 365 g/mol. The van der Waals surface area contributed by atoms with Crippen LogP contribution in [0.5, 0.6) is 5.75 Å². The molecule has 1 aliphatic carbocycles. The van der Waals surface area contributed by atoms with E-state index in [1.165, 1.54) is 17.7 Å². The van der Waals surface area contributed by atoms with E-state index in [9.17, 15) is 9.59 Å². The van der Waals surface area contributed by atoms with Crippen molar-refractivity contribution in [2.45, 2.75) is 31.3 Å². The molecule has 8 nitrogen and oxygen atoms in total. The Morgan fingerprint density at radius 2 is 2.18 bits per heavy atom. The monoisotopic (exact) mass is 387 g/mol. The molecule has 4 rings (SSSR count). The quantitative estimate of drug-likeness (QED) is 0.753. The Morgan fingerprint density at radius 3 is 2.82 bits per heavy atom. The normalized spacial score (nSPS) is 20.4. The first-order valence-corrected chi connectivity index (χ1v) is 9.35. The Morgan fingerprint density at radius 1 is 1.43 bits per heavy atom. The average molecular weight is 387 g/mol. The predicted molar refractivity (Wildman–Crippen MR) is 103 cm³/mol. The summed E-state index contributed by atoms with van der Waals surface area (Å²) in [4.78, 5) is 32.2. The molecule has 1 aromatic heterocycles. The van der Waals surface area contributed by atoms with Crippen molar-refractivity contribution in [2.24, 2.45) is 11.7 Å². The van der Waals surface area contributed by atoms with Gasteiger partial charge in [0.15, 0.2) is 11.6 Å². The molecule has 0 spiro atoms. The second-order valence-electron chi connectivity index (χ2n) is 7.50. The maximum Gasteiger partial charge on any atom is 0.329 e. The summed E-state index contributed by atoms with van der Waals surface area (Å²) >= 11 is 0. The summed E-state index contributed by atoms with van der Waals surface area (Å²) in [5.41, 5.74) is 5.53. The van der Waals surface area contributed by atoms with Crippen LogP contribution in [0.15, 0.2) is 15.7 Å². The number of H-pyrrole nitrogens is 1. The van der Waals surface area contributed by atoms with Gasteiger partial charge in [0.1, 0.15) is 11.2 Å². The van der Waals surface area contributed by atoms with E-state index < -0.39 is 17.1 Å². The third-order valence-corrected chi connectivity index (χ3v) is 5.67. The maximum absolute atomic E-state index is 15.1. The lowest BCUT2D eigenvalue weighted by Crippen LogP contribution is -2.35. The number of nitrogens with zero attached hydrogens (tertiary/aromatic N) is 3. The molecule has 3 N–H and O–H groups in total. The Labute approximate surface area is 160 Å². The molecule has 1 aliphatic heterocycles. The summed E-state index contributed by atoms with van der Waals surface area (Å²) in [5.74, 6) is -0.307. The van der Waals surface area contributed by atoms with E-state index in [0.29, 0.717) is 18.6 Å². The lowest BCUT2D eigenvalue weighted by Gasteiger charge is -2.24. The van der Waals surface area contributed by atoms with Gasteiger partial charge < -0.3 is 20.2 Å². The molecule has 0 bridgehead atoms. The second kappa shape index (κ2) is 6.95. The summed E-state index contributed by atoms with van der Waals surface area (Å²) in [6.45, 7) is 8.28. The standard InChI is InChI=1S/C19H22FN5O3/c1-22-8-14(21)10-5-6-24(9-10)16-13(20)7-12-15(17(16)28-2)25(11-3-4-11)19(27)23-18(12)26/h7,10-11,14H,3-6,8-9,21H2,2H3,(H,23,26,27). The van der Waals surface area contributed by atoms with E-state index in [1.807, 2.05) is 4.90 Å². The number of hydrogen-bond acceptors (Lipinski definition) is 5. The highest BCUT2D eigenvalue weighted by Crippen LogP contribution is 2.43. The molecule has 2 fully saturated rings. The van der Waals surface area contributed by atoms with E-state index in [2.05, 4.69) is 9.83 Å². The highest BCUT2D eigenvalue weighted by Gasteiger charge is 2.35. The van der Waals surface area contributed by atoms with Crippen molar-refractivity contribution in [3.05, 3.63) is 44.1 Å².